The lowest BCUT2D eigenvalue weighted by atomic mass is 9.76. The second-order valence-electron chi connectivity index (χ2n) is 4.59. The number of nitrogens with one attached hydrogen (secondary N) is 1. The summed E-state index contributed by atoms with van der Waals surface area (Å²) in [6.07, 6.45) is 2.11. The quantitative estimate of drug-likeness (QED) is 0.727. The first-order valence-electron chi connectivity index (χ1n) is 5.51. The Morgan fingerprint density at radius 2 is 2.19 bits per heavy atom. The highest BCUT2D eigenvalue weighted by Crippen LogP contribution is 2.41. The summed E-state index contributed by atoms with van der Waals surface area (Å²) in [7, 11) is 1.82. The molecule has 1 fully saturated rings. The van der Waals surface area contributed by atoms with E-state index in [0.29, 0.717) is 5.92 Å². The van der Waals surface area contributed by atoms with Crippen LogP contribution in [0.1, 0.15) is 24.3 Å². The first-order chi connectivity index (χ1) is 7.66. The van der Waals surface area contributed by atoms with Crippen LogP contribution in [-0.4, -0.2) is 9.55 Å². The van der Waals surface area contributed by atoms with E-state index in [1.165, 1.54) is 11.1 Å². The van der Waals surface area contributed by atoms with E-state index in [4.69, 9.17) is 0 Å². The molecule has 1 heterocycles. The van der Waals surface area contributed by atoms with Crippen LogP contribution in [0.4, 0.5) is 0 Å². The summed E-state index contributed by atoms with van der Waals surface area (Å²) in [6.45, 7) is 3.97. The van der Waals surface area contributed by atoms with Crippen LogP contribution in [0.25, 0.3) is 11.0 Å². The van der Waals surface area contributed by atoms with E-state index in [9.17, 15) is 4.79 Å². The number of aromatic amines is 1. The van der Waals surface area contributed by atoms with Crippen LogP contribution >= 0.6 is 0 Å². The fraction of sp³-hybridized carbons (Fsp3) is 0.308. The lowest BCUT2D eigenvalue weighted by molar-refractivity contribution is 0.554. The number of hydrogen-bond donors (Lipinski definition) is 1. The van der Waals surface area contributed by atoms with Crippen molar-refractivity contribution in [2.45, 2.75) is 18.8 Å². The van der Waals surface area contributed by atoms with Crippen molar-refractivity contribution in [3.63, 3.8) is 0 Å². The van der Waals surface area contributed by atoms with Gasteiger partial charge in [-0.25, -0.2) is 4.79 Å². The largest absolute Gasteiger partial charge is 0.326 e. The van der Waals surface area contributed by atoms with Gasteiger partial charge in [0.05, 0.1) is 11.0 Å². The van der Waals surface area contributed by atoms with Gasteiger partial charge in [0.2, 0.25) is 0 Å². The molecule has 1 saturated carbocycles. The number of aryl methyl sites for hydroxylation is 1. The minimum absolute atomic E-state index is 0.0411. The van der Waals surface area contributed by atoms with Crippen molar-refractivity contribution in [2.75, 3.05) is 0 Å². The van der Waals surface area contributed by atoms with E-state index in [1.54, 1.807) is 4.57 Å². The number of imidazole rings is 1. The van der Waals surface area contributed by atoms with Crippen molar-refractivity contribution in [3.05, 3.63) is 46.4 Å². The lowest BCUT2D eigenvalue weighted by Crippen LogP contribution is -2.15. The number of allylic oxidation sites excluding steroid dienone is 1. The molecule has 3 rings (SSSR count). The second-order valence-corrected chi connectivity index (χ2v) is 4.59. The molecule has 1 aromatic heterocycles. The van der Waals surface area contributed by atoms with Crippen molar-refractivity contribution in [1.29, 1.82) is 0 Å². The molecule has 3 heteroatoms. The first-order valence-corrected chi connectivity index (χ1v) is 5.51. The predicted molar refractivity (Wildman–Crippen MR) is 64.7 cm³/mol. The van der Waals surface area contributed by atoms with Crippen molar-refractivity contribution in [1.82, 2.24) is 9.55 Å². The highest BCUT2D eigenvalue weighted by atomic mass is 16.1. The molecular weight excluding hydrogens is 200 g/mol. The molecule has 1 aliphatic carbocycles. The Morgan fingerprint density at radius 3 is 2.88 bits per heavy atom. The standard InChI is InChI=1S/C13H14N2O/c1-8-6-9(7-8)10-4-3-5-11-12(10)15(2)13(16)14-11/h3-5,9H,1,6-7H2,2H3,(H,14,16). The van der Waals surface area contributed by atoms with Crippen LogP contribution in [0.5, 0.6) is 0 Å². The van der Waals surface area contributed by atoms with Gasteiger partial charge < -0.3 is 4.98 Å². The molecule has 82 valence electrons. The van der Waals surface area contributed by atoms with Gasteiger partial charge in [-0.15, -0.1) is 0 Å². The SMILES string of the molecule is C=C1CC(c2cccc3[nH]c(=O)n(C)c23)C1. The number of fused-ring (bicyclic) bond motifs is 1. The zero-order valence-electron chi connectivity index (χ0n) is 9.29. The van der Waals surface area contributed by atoms with Gasteiger partial charge in [0.25, 0.3) is 0 Å². The fourth-order valence-corrected chi connectivity index (χ4v) is 2.52. The van der Waals surface area contributed by atoms with Gasteiger partial charge in [-0.2, -0.15) is 0 Å². The van der Waals surface area contributed by atoms with Gasteiger partial charge in [0, 0.05) is 7.05 Å². The maximum Gasteiger partial charge on any atom is 0.326 e. The van der Waals surface area contributed by atoms with Gasteiger partial charge in [-0.1, -0.05) is 24.3 Å². The Morgan fingerprint density at radius 1 is 1.44 bits per heavy atom. The van der Waals surface area contributed by atoms with E-state index in [0.717, 1.165) is 23.9 Å². The monoisotopic (exact) mass is 214 g/mol. The maximum absolute atomic E-state index is 11.6. The molecule has 1 aliphatic rings. The third-order valence-corrected chi connectivity index (χ3v) is 3.46. The second kappa shape index (κ2) is 3.11. The van der Waals surface area contributed by atoms with Gasteiger partial charge in [0.1, 0.15) is 0 Å². The van der Waals surface area contributed by atoms with Crippen LogP contribution in [0.15, 0.2) is 35.1 Å². The predicted octanol–water partition coefficient (Wildman–Crippen LogP) is 2.30. The Hall–Kier alpha value is -1.77. The summed E-state index contributed by atoms with van der Waals surface area (Å²) in [5.74, 6) is 0.539. The number of rotatable bonds is 1. The fourth-order valence-electron chi connectivity index (χ4n) is 2.52. The third-order valence-electron chi connectivity index (χ3n) is 3.46. The summed E-state index contributed by atoms with van der Waals surface area (Å²) in [6, 6.07) is 6.08. The van der Waals surface area contributed by atoms with Crippen LogP contribution in [0.3, 0.4) is 0 Å². The normalized spacial score (nSPS) is 16.7. The van der Waals surface area contributed by atoms with E-state index >= 15 is 0 Å². The Balaban J connectivity index is 2.24. The van der Waals surface area contributed by atoms with E-state index < -0.39 is 0 Å². The van der Waals surface area contributed by atoms with Gasteiger partial charge in [-0.05, 0) is 30.4 Å². The Bertz CT molecular complexity index is 625. The molecule has 0 bridgehead atoms. The average Bonchev–Trinajstić information content (AvgIpc) is 2.51. The summed E-state index contributed by atoms with van der Waals surface area (Å²) in [4.78, 5) is 14.4. The number of benzene rings is 1. The zero-order valence-corrected chi connectivity index (χ0v) is 9.29. The molecule has 16 heavy (non-hydrogen) atoms. The molecule has 1 N–H and O–H groups in total. The van der Waals surface area contributed by atoms with Crippen LogP contribution in [0, 0.1) is 0 Å². The van der Waals surface area contributed by atoms with Crippen molar-refractivity contribution in [3.8, 4) is 0 Å². The van der Waals surface area contributed by atoms with Crippen molar-refractivity contribution in [2.24, 2.45) is 7.05 Å². The summed E-state index contributed by atoms with van der Waals surface area (Å²) in [5, 5.41) is 0. The molecule has 2 aromatic rings. The number of H-pyrrole nitrogens is 1. The summed E-state index contributed by atoms with van der Waals surface area (Å²) >= 11 is 0. The van der Waals surface area contributed by atoms with Crippen molar-refractivity contribution >= 4 is 11.0 Å². The number of para-hydroxylation sites is 1. The van der Waals surface area contributed by atoms with E-state index in [-0.39, 0.29) is 5.69 Å². The number of nitrogens with zero attached hydrogens (tertiary/aromatic N) is 1. The summed E-state index contributed by atoms with van der Waals surface area (Å²) < 4.78 is 1.70. The average molecular weight is 214 g/mol. The molecular formula is C13H14N2O. The molecule has 0 amide bonds. The Kier molecular flexibility index (Phi) is 1.84. The highest BCUT2D eigenvalue weighted by molar-refractivity contribution is 5.80. The van der Waals surface area contributed by atoms with Crippen LogP contribution < -0.4 is 5.69 Å². The van der Waals surface area contributed by atoms with Crippen LogP contribution in [0.2, 0.25) is 0 Å². The molecule has 0 saturated heterocycles. The van der Waals surface area contributed by atoms with E-state index in [2.05, 4.69) is 17.6 Å². The first kappa shape index (κ1) is 9.46. The molecule has 3 nitrogen and oxygen atoms in total. The molecule has 0 radical (unpaired) electrons. The smallest absolute Gasteiger partial charge is 0.306 e. The molecule has 1 aromatic carbocycles. The van der Waals surface area contributed by atoms with Gasteiger partial charge >= 0.3 is 5.69 Å². The lowest BCUT2D eigenvalue weighted by Gasteiger charge is -2.29. The number of hydrogen-bond acceptors (Lipinski definition) is 1. The molecule has 0 aliphatic heterocycles. The van der Waals surface area contributed by atoms with Gasteiger partial charge in [0.15, 0.2) is 0 Å². The summed E-state index contributed by atoms with van der Waals surface area (Å²) in [5.41, 5.74) is 4.52. The van der Waals surface area contributed by atoms with E-state index in [1.807, 2.05) is 19.2 Å². The van der Waals surface area contributed by atoms with Crippen molar-refractivity contribution < 1.29 is 0 Å². The Labute approximate surface area is 93.4 Å². The maximum atomic E-state index is 11.6. The van der Waals surface area contributed by atoms with Gasteiger partial charge in [-0.3, -0.25) is 4.57 Å². The topological polar surface area (TPSA) is 37.8 Å². The minimum Gasteiger partial charge on any atom is -0.306 e. The minimum atomic E-state index is -0.0411. The number of aromatic nitrogens is 2. The zero-order chi connectivity index (χ0) is 11.3. The molecule has 0 unspecified atom stereocenters. The third kappa shape index (κ3) is 1.18. The molecule has 0 atom stereocenters. The highest BCUT2D eigenvalue weighted by Gasteiger charge is 2.25. The van der Waals surface area contributed by atoms with Crippen LogP contribution in [-0.2, 0) is 7.05 Å². The molecule has 0 spiro atoms.